The minimum absolute atomic E-state index is 0.137. The SMILES string of the molecule is CCc1cc(=O)[nH]c(-c2ccccn2)n1. The van der Waals surface area contributed by atoms with E-state index in [0.717, 1.165) is 12.1 Å². The summed E-state index contributed by atoms with van der Waals surface area (Å²) in [5.74, 6) is 0.528. The summed E-state index contributed by atoms with van der Waals surface area (Å²) in [6, 6.07) is 7.01. The Morgan fingerprint density at radius 2 is 2.27 bits per heavy atom. The zero-order chi connectivity index (χ0) is 10.7. The van der Waals surface area contributed by atoms with Crippen molar-refractivity contribution in [2.75, 3.05) is 0 Å². The van der Waals surface area contributed by atoms with E-state index in [1.807, 2.05) is 25.1 Å². The number of nitrogens with zero attached hydrogens (tertiary/aromatic N) is 2. The summed E-state index contributed by atoms with van der Waals surface area (Å²) in [7, 11) is 0. The van der Waals surface area contributed by atoms with E-state index in [4.69, 9.17) is 0 Å². The van der Waals surface area contributed by atoms with Crippen LogP contribution in [0.3, 0.4) is 0 Å². The molecule has 0 atom stereocenters. The van der Waals surface area contributed by atoms with E-state index in [1.165, 1.54) is 6.07 Å². The second-order valence-corrected chi connectivity index (χ2v) is 3.15. The van der Waals surface area contributed by atoms with Crippen molar-refractivity contribution in [3.05, 3.63) is 46.5 Å². The summed E-state index contributed by atoms with van der Waals surface area (Å²) >= 11 is 0. The molecule has 0 fully saturated rings. The molecule has 15 heavy (non-hydrogen) atoms. The highest BCUT2D eigenvalue weighted by Crippen LogP contribution is 2.08. The largest absolute Gasteiger partial charge is 0.305 e. The van der Waals surface area contributed by atoms with Crippen LogP contribution in [0.1, 0.15) is 12.6 Å². The summed E-state index contributed by atoms with van der Waals surface area (Å²) in [5.41, 5.74) is 1.33. The molecule has 0 saturated heterocycles. The molecule has 2 heterocycles. The fourth-order valence-corrected chi connectivity index (χ4v) is 1.31. The Morgan fingerprint density at radius 1 is 1.40 bits per heavy atom. The molecule has 0 aliphatic heterocycles. The van der Waals surface area contributed by atoms with E-state index < -0.39 is 0 Å². The molecule has 0 spiro atoms. The number of aromatic amines is 1. The highest BCUT2D eigenvalue weighted by atomic mass is 16.1. The Morgan fingerprint density at radius 3 is 2.93 bits per heavy atom. The van der Waals surface area contributed by atoms with Gasteiger partial charge in [0, 0.05) is 18.0 Å². The van der Waals surface area contributed by atoms with Crippen molar-refractivity contribution < 1.29 is 0 Å². The molecule has 4 nitrogen and oxygen atoms in total. The summed E-state index contributed by atoms with van der Waals surface area (Å²) < 4.78 is 0. The lowest BCUT2D eigenvalue weighted by Gasteiger charge is -2.01. The van der Waals surface area contributed by atoms with Crippen LogP contribution < -0.4 is 5.56 Å². The average molecular weight is 201 g/mol. The number of H-pyrrole nitrogens is 1. The van der Waals surface area contributed by atoms with Crippen LogP contribution in [0, 0.1) is 0 Å². The van der Waals surface area contributed by atoms with Gasteiger partial charge in [-0.25, -0.2) is 4.98 Å². The molecule has 0 unspecified atom stereocenters. The van der Waals surface area contributed by atoms with Crippen molar-refractivity contribution >= 4 is 0 Å². The summed E-state index contributed by atoms with van der Waals surface area (Å²) in [6.07, 6.45) is 2.41. The maximum absolute atomic E-state index is 11.3. The topological polar surface area (TPSA) is 58.6 Å². The van der Waals surface area contributed by atoms with E-state index in [1.54, 1.807) is 6.20 Å². The maximum atomic E-state index is 11.3. The predicted molar refractivity (Wildman–Crippen MR) is 57.5 cm³/mol. The fraction of sp³-hybridized carbons (Fsp3) is 0.182. The second kappa shape index (κ2) is 4.04. The molecule has 0 amide bonds. The van der Waals surface area contributed by atoms with Crippen molar-refractivity contribution in [2.24, 2.45) is 0 Å². The van der Waals surface area contributed by atoms with Crippen LogP contribution in [0.25, 0.3) is 11.5 Å². The van der Waals surface area contributed by atoms with Crippen molar-refractivity contribution in [2.45, 2.75) is 13.3 Å². The highest BCUT2D eigenvalue weighted by molar-refractivity contribution is 5.47. The highest BCUT2D eigenvalue weighted by Gasteiger charge is 2.02. The first kappa shape index (κ1) is 9.58. The van der Waals surface area contributed by atoms with Gasteiger partial charge in [-0.15, -0.1) is 0 Å². The third kappa shape index (κ3) is 2.10. The van der Waals surface area contributed by atoms with Gasteiger partial charge in [0.05, 0.1) is 0 Å². The number of aromatic nitrogens is 3. The van der Waals surface area contributed by atoms with Gasteiger partial charge in [-0.05, 0) is 18.6 Å². The van der Waals surface area contributed by atoms with Gasteiger partial charge in [-0.1, -0.05) is 13.0 Å². The van der Waals surface area contributed by atoms with Crippen molar-refractivity contribution in [3.63, 3.8) is 0 Å². The summed E-state index contributed by atoms with van der Waals surface area (Å²) in [6.45, 7) is 1.96. The Hall–Kier alpha value is -1.97. The van der Waals surface area contributed by atoms with Crippen LogP contribution in [-0.4, -0.2) is 15.0 Å². The third-order valence-electron chi connectivity index (χ3n) is 2.06. The number of hydrogen-bond acceptors (Lipinski definition) is 3. The van der Waals surface area contributed by atoms with Gasteiger partial charge < -0.3 is 4.98 Å². The second-order valence-electron chi connectivity index (χ2n) is 3.15. The molecule has 2 aromatic heterocycles. The standard InChI is InChI=1S/C11H11N3O/c1-2-8-7-10(15)14-11(13-8)9-5-3-4-6-12-9/h3-7H,2H2,1H3,(H,13,14,15). The van der Waals surface area contributed by atoms with Crippen molar-refractivity contribution in [1.29, 1.82) is 0 Å². The molecule has 76 valence electrons. The lowest BCUT2D eigenvalue weighted by atomic mass is 10.3. The lowest BCUT2D eigenvalue weighted by molar-refractivity contribution is 0.980. The van der Waals surface area contributed by atoms with Crippen molar-refractivity contribution in [3.8, 4) is 11.5 Å². The summed E-state index contributed by atoms with van der Waals surface area (Å²) in [4.78, 5) is 22.4. The maximum Gasteiger partial charge on any atom is 0.251 e. The zero-order valence-corrected chi connectivity index (χ0v) is 8.40. The first-order valence-electron chi connectivity index (χ1n) is 4.81. The Kier molecular flexibility index (Phi) is 2.58. The summed E-state index contributed by atoms with van der Waals surface area (Å²) in [5, 5.41) is 0. The molecular formula is C11H11N3O. The van der Waals surface area contributed by atoms with Crippen LogP contribution in [0.5, 0.6) is 0 Å². The number of nitrogens with one attached hydrogen (secondary N) is 1. The Labute approximate surface area is 87.0 Å². The van der Waals surface area contributed by atoms with Gasteiger partial charge in [0.25, 0.3) is 5.56 Å². The number of pyridine rings is 1. The van der Waals surface area contributed by atoms with Crippen molar-refractivity contribution in [1.82, 2.24) is 15.0 Å². The van der Waals surface area contributed by atoms with E-state index >= 15 is 0 Å². The molecule has 0 aromatic carbocycles. The van der Waals surface area contributed by atoms with Crippen LogP contribution in [0.15, 0.2) is 35.3 Å². The first-order chi connectivity index (χ1) is 7.29. The minimum atomic E-state index is -0.137. The van der Waals surface area contributed by atoms with Gasteiger partial charge in [0.15, 0.2) is 5.82 Å². The Balaban J connectivity index is 2.54. The minimum Gasteiger partial charge on any atom is -0.305 e. The van der Waals surface area contributed by atoms with Crippen LogP contribution in [-0.2, 0) is 6.42 Å². The number of hydrogen-bond donors (Lipinski definition) is 1. The van der Waals surface area contributed by atoms with E-state index in [-0.39, 0.29) is 5.56 Å². The van der Waals surface area contributed by atoms with Crippen LogP contribution in [0.4, 0.5) is 0 Å². The fourth-order valence-electron chi connectivity index (χ4n) is 1.31. The molecule has 0 bridgehead atoms. The smallest absolute Gasteiger partial charge is 0.251 e. The van der Waals surface area contributed by atoms with Gasteiger partial charge >= 0.3 is 0 Å². The lowest BCUT2D eigenvalue weighted by Crippen LogP contribution is -2.10. The molecule has 1 N–H and O–H groups in total. The number of rotatable bonds is 2. The van der Waals surface area contributed by atoms with Gasteiger partial charge in [0.2, 0.25) is 0 Å². The van der Waals surface area contributed by atoms with E-state index in [0.29, 0.717) is 11.5 Å². The molecule has 2 rings (SSSR count). The van der Waals surface area contributed by atoms with Gasteiger partial charge in [-0.3, -0.25) is 9.78 Å². The molecule has 2 aromatic rings. The molecule has 0 radical (unpaired) electrons. The first-order valence-corrected chi connectivity index (χ1v) is 4.81. The molecule has 4 heteroatoms. The zero-order valence-electron chi connectivity index (χ0n) is 8.40. The monoisotopic (exact) mass is 201 g/mol. The van der Waals surface area contributed by atoms with E-state index in [9.17, 15) is 4.79 Å². The average Bonchev–Trinajstić information content (AvgIpc) is 2.29. The normalized spacial score (nSPS) is 10.2. The van der Waals surface area contributed by atoms with Gasteiger partial charge in [0.1, 0.15) is 5.69 Å². The number of aryl methyl sites for hydroxylation is 1. The molecule has 0 saturated carbocycles. The predicted octanol–water partition coefficient (Wildman–Crippen LogP) is 1.39. The van der Waals surface area contributed by atoms with Gasteiger partial charge in [-0.2, -0.15) is 0 Å². The van der Waals surface area contributed by atoms with Crippen LogP contribution in [0.2, 0.25) is 0 Å². The van der Waals surface area contributed by atoms with Crippen LogP contribution >= 0.6 is 0 Å². The third-order valence-corrected chi connectivity index (χ3v) is 2.06. The molecular weight excluding hydrogens is 190 g/mol. The Bertz CT molecular complexity index is 505. The molecule has 0 aliphatic rings. The molecule has 0 aliphatic carbocycles. The quantitative estimate of drug-likeness (QED) is 0.798. The van der Waals surface area contributed by atoms with E-state index in [2.05, 4.69) is 15.0 Å².